The van der Waals surface area contributed by atoms with Crippen LogP contribution < -0.4 is 10.6 Å². The number of nitrogens with one attached hydrogen (secondary N) is 2. The monoisotopic (exact) mass is 409 g/mol. The van der Waals surface area contributed by atoms with Crippen LogP contribution >= 0.6 is 24.0 Å². The van der Waals surface area contributed by atoms with Crippen molar-refractivity contribution in [2.24, 2.45) is 16.3 Å². The first-order valence-electron chi connectivity index (χ1n) is 8.29. The average molecular weight is 409 g/mol. The minimum Gasteiger partial charge on any atom is -0.385 e. The van der Waals surface area contributed by atoms with Crippen LogP contribution in [-0.4, -0.2) is 39.3 Å². The van der Waals surface area contributed by atoms with Crippen molar-refractivity contribution in [2.75, 3.05) is 33.4 Å². The van der Waals surface area contributed by atoms with Gasteiger partial charge in [-0.3, -0.25) is 4.99 Å². The Kier molecular flexibility index (Phi) is 8.94. The predicted octanol–water partition coefficient (Wildman–Crippen LogP) is 3.17. The summed E-state index contributed by atoms with van der Waals surface area (Å²) in [6.07, 6.45) is 9.26. The summed E-state index contributed by atoms with van der Waals surface area (Å²) in [5.74, 6) is 1.97. The minimum absolute atomic E-state index is 0. The summed E-state index contributed by atoms with van der Waals surface area (Å²) in [5.41, 5.74) is 0.412. The van der Waals surface area contributed by atoms with Gasteiger partial charge in [-0.1, -0.05) is 19.3 Å². The summed E-state index contributed by atoms with van der Waals surface area (Å²) < 4.78 is 5.25. The number of ether oxygens (including phenoxy) is 1. The molecule has 2 rings (SSSR count). The molecule has 0 aromatic carbocycles. The fraction of sp³-hybridized carbons (Fsp3) is 0.938. The van der Waals surface area contributed by atoms with Crippen molar-refractivity contribution in [1.82, 2.24) is 10.6 Å². The Balaban J connectivity index is 0.00000220. The second kappa shape index (κ2) is 9.87. The van der Waals surface area contributed by atoms with E-state index in [0.29, 0.717) is 5.41 Å². The summed E-state index contributed by atoms with van der Waals surface area (Å²) in [6.45, 7) is 5.92. The molecule has 4 nitrogen and oxygen atoms in total. The van der Waals surface area contributed by atoms with Gasteiger partial charge in [0.2, 0.25) is 0 Å². The number of methoxy groups -OCH3 is 1. The lowest BCUT2D eigenvalue weighted by molar-refractivity contribution is 0.0778. The highest BCUT2D eigenvalue weighted by atomic mass is 127. The SMILES string of the molecule is CCNC(=NCC1(CCOC)CCC1)NCCC1CC1.I. The molecule has 0 aromatic heterocycles. The van der Waals surface area contributed by atoms with Crippen LogP contribution in [0.2, 0.25) is 0 Å². The highest BCUT2D eigenvalue weighted by Crippen LogP contribution is 2.44. The predicted molar refractivity (Wildman–Crippen MR) is 99.5 cm³/mol. The van der Waals surface area contributed by atoms with Crippen LogP contribution in [0, 0.1) is 11.3 Å². The van der Waals surface area contributed by atoms with Gasteiger partial charge in [-0.2, -0.15) is 0 Å². The standard InChI is InChI=1S/C16H31N3O.HI/c1-3-17-15(18-11-7-14-5-6-14)19-13-16(8-4-9-16)10-12-20-2;/h14H,3-13H2,1-2H3,(H2,17,18,19);1H. The van der Waals surface area contributed by atoms with Gasteiger partial charge in [-0.15, -0.1) is 24.0 Å². The van der Waals surface area contributed by atoms with E-state index >= 15 is 0 Å². The maximum atomic E-state index is 5.25. The first kappa shape index (κ1) is 19.0. The molecule has 2 fully saturated rings. The smallest absolute Gasteiger partial charge is 0.191 e. The Morgan fingerprint density at radius 3 is 2.57 bits per heavy atom. The second-order valence-corrected chi connectivity index (χ2v) is 6.45. The summed E-state index contributed by atoms with van der Waals surface area (Å²) in [5, 5.41) is 6.84. The first-order valence-corrected chi connectivity index (χ1v) is 8.29. The molecule has 124 valence electrons. The maximum absolute atomic E-state index is 5.25. The fourth-order valence-electron chi connectivity index (χ4n) is 2.87. The number of hydrogen-bond donors (Lipinski definition) is 2. The summed E-state index contributed by atoms with van der Waals surface area (Å²) >= 11 is 0. The third kappa shape index (κ3) is 6.72. The van der Waals surface area contributed by atoms with Gasteiger partial charge in [-0.25, -0.2) is 0 Å². The Hall–Kier alpha value is -0.0400. The van der Waals surface area contributed by atoms with Gasteiger partial charge in [0.05, 0.1) is 0 Å². The van der Waals surface area contributed by atoms with Crippen molar-refractivity contribution < 1.29 is 4.74 Å². The van der Waals surface area contributed by atoms with Crippen molar-refractivity contribution in [1.29, 1.82) is 0 Å². The van der Waals surface area contributed by atoms with Crippen molar-refractivity contribution in [3.05, 3.63) is 0 Å². The molecule has 2 aliphatic rings. The zero-order valence-electron chi connectivity index (χ0n) is 13.6. The number of hydrogen-bond acceptors (Lipinski definition) is 2. The van der Waals surface area contributed by atoms with Crippen LogP contribution in [-0.2, 0) is 4.74 Å². The molecule has 2 aliphatic carbocycles. The van der Waals surface area contributed by atoms with E-state index < -0.39 is 0 Å². The number of guanidine groups is 1. The molecule has 0 radical (unpaired) electrons. The summed E-state index contributed by atoms with van der Waals surface area (Å²) in [4.78, 5) is 4.82. The van der Waals surface area contributed by atoms with E-state index in [1.807, 2.05) is 0 Å². The molecule has 0 heterocycles. The van der Waals surface area contributed by atoms with Crippen LogP contribution in [0.1, 0.15) is 51.9 Å². The van der Waals surface area contributed by atoms with Gasteiger partial charge in [0, 0.05) is 33.4 Å². The fourth-order valence-corrected chi connectivity index (χ4v) is 2.87. The Morgan fingerprint density at radius 2 is 2.05 bits per heavy atom. The molecule has 0 unspecified atom stereocenters. The molecule has 0 atom stereocenters. The average Bonchev–Trinajstić information content (AvgIpc) is 3.21. The van der Waals surface area contributed by atoms with E-state index in [4.69, 9.17) is 9.73 Å². The van der Waals surface area contributed by atoms with Gasteiger partial charge in [0.25, 0.3) is 0 Å². The molecule has 2 N–H and O–H groups in total. The number of halogens is 1. The van der Waals surface area contributed by atoms with Gasteiger partial charge in [0.15, 0.2) is 5.96 Å². The normalized spacial score (nSPS) is 20.4. The number of nitrogens with zero attached hydrogens (tertiary/aromatic N) is 1. The molecule has 0 aliphatic heterocycles. The zero-order chi connectivity index (χ0) is 14.3. The van der Waals surface area contributed by atoms with E-state index in [1.54, 1.807) is 7.11 Å². The third-order valence-corrected chi connectivity index (χ3v) is 4.71. The van der Waals surface area contributed by atoms with Gasteiger partial charge < -0.3 is 15.4 Å². The van der Waals surface area contributed by atoms with Crippen LogP contribution in [0.4, 0.5) is 0 Å². The van der Waals surface area contributed by atoms with Crippen molar-refractivity contribution in [3.8, 4) is 0 Å². The lowest BCUT2D eigenvalue weighted by Gasteiger charge is -2.40. The Labute approximate surface area is 146 Å². The number of aliphatic imine (C=N–C) groups is 1. The lowest BCUT2D eigenvalue weighted by Crippen LogP contribution is -2.40. The van der Waals surface area contributed by atoms with Gasteiger partial charge >= 0.3 is 0 Å². The molecule has 0 amide bonds. The third-order valence-electron chi connectivity index (χ3n) is 4.71. The van der Waals surface area contributed by atoms with E-state index in [0.717, 1.165) is 44.5 Å². The van der Waals surface area contributed by atoms with Gasteiger partial charge in [-0.05, 0) is 43.9 Å². The Bertz CT molecular complexity index is 315. The van der Waals surface area contributed by atoms with Gasteiger partial charge in [0.1, 0.15) is 0 Å². The van der Waals surface area contributed by atoms with Crippen LogP contribution in [0.25, 0.3) is 0 Å². The molecule has 0 spiro atoms. The molecule has 5 heteroatoms. The molecule has 0 aromatic rings. The maximum Gasteiger partial charge on any atom is 0.191 e. The van der Waals surface area contributed by atoms with Crippen LogP contribution in [0.3, 0.4) is 0 Å². The molecular weight excluding hydrogens is 377 g/mol. The Morgan fingerprint density at radius 1 is 1.29 bits per heavy atom. The second-order valence-electron chi connectivity index (χ2n) is 6.45. The van der Waals surface area contributed by atoms with Crippen molar-refractivity contribution in [2.45, 2.75) is 51.9 Å². The highest BCUT2D eigenvalue weighted by molar-refractivity contribution is 14.0. The van der Waals surface area contributed by atoms with E-state index in [1.165, 1.54) is 38.5 Å². The van der Waals surface area contributed by atoms with Crippen LogP contribution in [0.15, 0.2) is 4.99 Å². The molecule has 2 saturated carbocycles. The van der Waals surface area contributed by atoms with Crippen molar-refractivity contribution >= 4 is 29.9 Å². The highest BCUT2D eigenvalue weighted by Gasteiger charge is 2.36. The van der Waals surface area contributed by atoms with Crippen LogP contribution in [0.5, 0.6) is 0 Å². The van der Waals surface area contributed by atoms with E-state index in [-0.39, 0.29) is 24.0 Å². The summed E-state index contributed by atoms with van der Waals surface area (Å²) in [6, 6.07) is 0. The molecule has 0 bridgehead atoms. The first-order chi connectivity index (χ1) is 9.78. The topological polar surface area (TPSA) is 45.7 Å². The lowest BCUT2D eigenvalue weighted by atomic mass is 9.67. The molecular formula is C16H32IN3O. The summed E-state index contributed by atoms with van der Waals surface area (Å²) in [7, 11) is 1.79. The van der Waals surface area contributed by atoms with Crippen molar-refractivity contribution in [3.63, 3.8) is 0 Å². The minimum atomic E-state index is 0. The zero-order valence-corrected chi connectivity index (χ0v) is 15.9. The molecule has 21 heavy (non-hydrogen) atoms. The van der Waals surface area contributed by atoms with E-state index in [9.17, 15) is 0 Å². The van der Waals surface area contributed by atoms with E-state index in [2.05, 4.69) is 17.6 Å². The largest absolute Gasteiger partial charge is 0.385 e. The molecule has 0 saturated heterocycles. The quantitative estimate of drug-likeness (QED) is 0.349. The number of rotatable bonds is 9.